The number of H-pyrrole nitrogens is 2. The molecule has 0 radical (unpaired) electrons. The Morgan fingerprint density at radius 1 is 0.275 bits per heavy atom. The largest absolute Gasteiger partial charge is 0.324 e. The summed E-state index contributed by atoms with van der Waals surface area (Å²) in [6, 6.07) is 44.0. The van der Waals surface area contributed by atoms with Crippen LogP contribution in [-0.4, -0.2) is 91.8 Å². The normalized spacial score (nSPS) is 12.7. The first-order chi connectivity index (χ1) is 38.2. The number of nitrogens with zero attached hydrogens (tertiary/aromatic N) is 6. The topological polar surface area (TPSA) is 326 Å². The van der Waals surface area contributed by atoms with E-state index < -0.39 is 40.5 Å². The summed E-state index contributed by atoms with van der Waals surface area (Å²) in [5.41, 5.74) is 7.36. The third-order valence-corrected chi connectivity index (χ3v) is 17.3. The van der Waals surface area contributed by atoms with Crippen molar-refractivity contribution in [2.45, 2.75) is 19.6 Å². The number of rotatable bonds is 8. The van der Waals surface area contributed by atoms with Crippen LogP contribution in [0.2, 0.25) is 0 Å². The van der Waals surface area contributed by atoms with Crippen molar-refractivity contribution in [2.24, 2.45) is 0 Å². The van der Waals surface area contributed by atoms with Gasteiger partial charge in [0.05, 0.1) is 19.6 Å². The van der Waals surface area contributed by atoms with Crippen molar-refractivity contribution in [3.63, 3.8) is 0 Å². The summed E-state index contributed by atoms with van der Waals surface area (Å²) in [5.74, 6) is 0.652. The molecular formula is C56H34N8O12S4. The van der Waals surface area contributed by atoms with Crippen molar-refractivity contribution < 1.29 is 51.9 Å². The van der Waals surface area contributed by atoms with Crippen LogP contribution in [0.1, 0.15) is 0 Å². The second kappa shape index (κ2) is 18.2. The van der Waals surface area contributed by atoms with E-state index >= 15 is 0 Å². The number of nitrogens with one attached hydrogen (secondary N) is 2. The molecule has 0 saturated carbocycles. The van der Waals surface area contributed by atoms with Gasteiger partial charge in [-0.2, -0.15) is 33.7 Å². The number of benzene rings is 8. The van der Waals surface area contributed by atoms with Gasteiger partial charge in [0, 0.05) is 43.8 Å². The van der Waals surface area contributed by atoms with E-state index in [0.717, 1.165) is 0 Å². The first kappa shape index (κ1) is 50.3. The van der Waals surface area contributed by atoms with Gasteiger partial charge in [-0.25, -0.2) is 29.9 Å². The lowest BCUT2D eigenvalue weighted by molar-refractivity contribution is 0.481. The van der Waals surface area contributed by atoms with Crippen LogP contribution >= 0.6 is 0 Å². The van der Waals surface area contributed by atoms with Gasteiger partial charge < -0.3 is 9.97 Å². The maximum atomic E-state index is 12.2. The molecule has 0 saturated heterocycles. The third-order valence-electron chi connectivity index (χ3n) is 13.8. The number of aromatic amines is 2. The highest BCUT2D eigenvalue weighted by atomic mass is 32.2. The van der Waals surface area contributed by atoms with Gasteiger partial charge in [0.2, 0.25) is 0 Å². The average molecular weight is 1140 g/mol. The molecule has 2 aliphatic heterocycles. The van der Waals surface area contributed by atoms with Crippen LogP contribution in [0.3, 0.4) is 0 Å². The van der Waals surface area contributed by atoms with Gasteiger partial charge in [0.1, 0.15) is 22.6 Å². The van der Waals surface area contributed by atoms with E-state index in [0.29, 0.717) is 88.3 Å². The maximum Gasteiger partial charge on any atom is 0.294 e. The summed E-state index contributed by atoms with van der Waals surface area (Å²) in [5, 5.41) is 2.08. The highest BCUT2D eigenvalue weighted by Crippen LogP contribution is 2.45. The van der Waals surface area contributed by atoms with E-state index in [4.69, 9.17) is 29.9 Å². The molecule has 0 atom stereocenters. The lowest BCUT2D eigenvalue weighted by Gasteiger charge is -2.09. The summed E-state index contributed by atoms with van der Waals surface area (Å²) in [6.45, 7) is 0. The van der Waals surface area contributed by atoms with Gasteiger partial charge in [0.25, 0.3) is 40.5 Å². The fourth-order valence-corrected chi connectivity index (χ4v) is 12.1. The molecule has 8 bridgehead atoms. The zero-order valence-electron chi connectivity index (χ0n) is 40.5. The first-order valence-electron chi connectivity index (χ1n) is 23.8. The Morgan fingerprint density at radius 2 is 0.537 bits per heavy atom. The monoisotopic (exact) mass is 1140 g/mol. The Balaban J connectivity index is 1.18. The molecule has 2 aliphatic rings. The summed E-state index contributed by atoms with van der Waals surface area (Å²) >= 11 is 0. The molecule has 0 spiro atoms. The second-order valence-corrected chi connectivity index (χ2v) is 24.2. The molecule has 394 valence electrons. The van der Waals surface area contributed by atoms with E-state index in [1.54, 1.807) is 72.8 Å². The van der Waals surface area contributed by atoms with E-state index in [1.807, 2.05) is 12.1 Å². The Labute approximate surface area is 453 Å². The summed E-state index contributed by atoms with van der Waals surface area (Å²) in [6.07, 6.45) is 0. The van der Waals surface area contributed by atoms with Gasteiger partial charge in [0.15, 0.2) is 23.3 Å². The highest BCUT2D eigenvalue weighted by Gasteiger charge is 2.28. The minimum atomic E-state index is -4.56. The van der Waals surface area contributed by atoms with Gasteiger partial charge in [-0.05, 0) is 93.0 Å². The Hall–Kier alpha value is -9.24. The fourth-order valence-electron chi connectivity index (χ4n) is 10.2. The Bertz CT molecular complexity index is 5160. The van der Waals surface area contributed by atoms with E-state index in [2.05, 4.69) is 9.97 Å². The first-order valence-corrected chi connectivity index (χ1v) is 29.6. The van der Waals surface area contributed by atoms with Crippen LogP contribution in [-0.2, 0) is 40.5 Å². The molecule has 0 unspecified atom stereocenters. The number of hydrogen-bond donors (Lipinski definition) is 6. The Kier molecular flexibility index (Phi) is 11.4. The predicted molar refractivity (Wildman–Crippen MR) is 297 cm³/mol. The molecule has 80 heavy (non-hydrogen) atoms. The predicted octanol–water partition coefficient (Wildman–Crippen LogP) is 10.5. The van der Waals surface area contributed by atoms with Crippen molar-refractivity contribution in [1.82, 2.24) is 39.9 Å². The zero-order valence-corrected chi connectivity index (χ0v) is 43.8. The quantitative estimate of drug-likeness (QED) is 0.0770. The number of aromatic nitrogens is 8. The zero-order chi connectivity index (χ0) is 55.6. The van der Waals surface area contributed by atoms with Crippen molar-refractivity contribution in [3.05, 3.63) is 170 Å². The molecule has 0 amide bonds. The second-order valence-electron chi connectivity index (χ2n) is 18.5. The number of fused-ring (bicyclic) bond motifs is 20. The molecule has 0 aliphatic carbocycles. The molecule has 6 N–H and O–H groups in total. The van der Waals surface area contributed by atoms with Gasteiger partial charge >= 0.3 is 0 Å². The molecule has 24 heteroatoms. The van der Waals surface area contributed by atoms with Crippen LogP contribution in [0.25, 0.3) is 134 Å². The molecule has 13 rings (SSSR count). The van der Waals surface area contributed by atoms with Crippen molar-refractivity contribution in [1.29, 1.82) is 0 Å². The van der Waals surface area contributed by atoms with Gasteiger partial charge in [-0.3, -0.25) is 18.2 Å². The molecule has 3 aromatic heterocycles. The van der Waals surface area contributed by atoms with Crippen LogP contribution in [0.4, 0.5) is 0 Å². The van der Waals surface area contributed by atoms with E-state index in [-0.39, 0.29) is 65.5 Å². The summed E-state index contributed by atoms with van der Waals surface area (Å²) in [4.78, 5) is 36.7. The molecule has 20 nitrogen and oxygen atoms in total. The maximum absolute atomic E-state index is 12.2. The lowest BCUT2D eigenvalue weighted by Crippen LogP contribution is -1.97. The Morgan fingerprint density at radius 3 is 0.875 bits per heavy atom. The van der Waals surface area contributed by atoms with E-state index in [9.17, 15) is 51.9 Å². The van der Waals surface area contributed by atoms with Crippen LogP contribution < -0.4 is 0 Å². The number of hydrogen-bond acceptors (Lipinski definition) is 14. The van der Waals surface area contributed by atoms with Crippen molar-refractivity contribution in [3.8, 4) is 90.1 Å². The van der Waals surface area contributed by atoms with Gasteiger partial charge in [-0.1, -0.05) is 121 Å². The third kappa shape index (κ3) is 8.68. The summed E-state index contributed by atoms with van der Waals surface area (Å²) in [7, 11) is -18.2. The van der Waals surface area contributed by atoms with Gasteiger partial charge in [-0.15, -0.1) is 0 Å². The standard InChI is InChI=1S/C56H34N8O12S4/c65-77(66,67)33-21-13-29(14-22-33)37-5-1-9-41-45(37)53-58-49(41)57-50-42-10-2-7-39(31-17-25-35(26-18-31)79(71,72)73)47(42)55(59-50)64-56-48-40(32-19-27-36(28-20-32)80(74,75)76)8-4-12-44(48)52(63-56)62-54-46-38(6-3-11-43(46)51(60-53)61-54)30-15-23-34(24-16-30)78(68,69)70/h1-28H,(H,65,66,67)(H,68,69,70)(H,71,72,73)(H,74,75,76)(H2,57,58,59,60,61,62,63,64). The molecular weight excluding hydrogens is 1100 g/mol. The molecule has 11 aromatic rings. The molecule has 5 heterocycles. The van der Waals surface area contributed by atoms with Crippen LogP contribution in [0, 0.1) is 0 Å². The van der Waals surface area contributed by atoms with Crippen LogP contribution in [0.15, 0.2) is 189 Å². The summed E-state index contributed by atoms with van der Waals surface area (Å²) < 4.78 is 137. The molecule has 0 fully saturated rings. The highest BCUT2D eigenvalue weighted by molar-refractivity contribution is 7.86. The SMILES string of the molecule is O=S(=O)(O)c1ccc(-c2cccc3c2-c2nc-3nc3[nH]c(nc4nc(nc5[nH]c(n2)c2cccc(-c6ccc(S(=O)(=O)O)cc6)c52)-c2c(-c5ccc(S(=O)(=O)O)cc5)cccc2-4)c2cccc(-c4ccc(S(=O)(=O)O)cc4)c32)cc1. The lowest BCUT2D eigenvalue weighted by atomic mass is 9.96. The fraction of sp³-hybridized carbons (Fsp3) is 0. The van der Waals surface area contributed by atoms with Crippen molar-refractivity contribution in [2.75, 3.05) is 0 Å². The minimum Gasteiger partial charge on any atom is -0.324 e. The van der Waals surface area contributed by atoms with E-state index in [1.165, 1.54) is 84.9 Å². The van der Waals surface area contributed by atoms with Crippen LogP contribution in [0.5, 0.6) is 0 Å². The average Bonchev–Trinajstić information content (AvgIpc) is 4.17. The smallest absolute Gasteiger partial charge is 0.294 e. The van der Waals surface area contributed by atoms with Crippen molar-refractivity contribution >= 4 is 84.6 Å². The molecule has 8 aromatic carbocycles. The minimum absolute atomic E-state index is 0.140.